The summed E-state index contributed by atoms with van der Waals surface area (Å²) in [5, 5.41) is 9.90. The summed E-state index contributed by atoms with van der Waals surface area (Å²) < 4.78 is 5.48. The molecule has 1 aromatic heterocycles. The summed E-state index contributed by atoms with van der Waals surface area (Å²) in [6, 6.07) is 5.35. The third-order valence-corrected chi connectivity index (χ3v) is 3.58. The molecular weight excluding hydrogens is 244 g/mol. The van der Waals surface area contributed by atoms with E-state index in [9.17, 15) is 4.79 Å². The first kappa shape index (κ1) is 12.2. The number of fused-ring (bicyclic) bond motifs is 3. The highest BCUT2D eigenvalue weighted by Gasteiger charge is 2.17. The van der Waals surface area contributed by atoms with Crippen LogP contribution in [-0.2, 0) is 22.6 Å². The maximum Gasteiger partial charge on any atom is 0.305 e. The van der Waals surface area contributed by atoms with Crippen LogP contribution in [0.1, 0.15) is 29.3 Å². The largest absolute Gasteiger partial charge is 0.481 e. The minimum Gasteiger partial charge on any atom is -0.481 e. The second-order valence-corrected chi connectivity index (χ2v) is 4.89. The van der Waals surface area contributed by atoms with Crippen LogP contribution in [0.3, 0.4) is 0 Å². The van der Waals surface area contributed by atoms with Gasteiger partial charge in [-0.2, -0.15) is 0 Å². The normalized spacial score (nSPS) is 16.3. The average Bonchev–Trinajstić information content (AvgIpc) is 2.75. The minimum atomic E-state index is -0.882. The van der Waals surface area contributed by atoms with Gasteiger partial charge in [-0.3, -0.25) is 4.79 Å². The standard InChI is InChI=1S/C14H16N2O3/c15-11(6-14(17)18)8-1-2-12-9(5-8)10-7-19-4-3-13(10)16-12/h1-2,5,11,16H,3-4,6-7,15H2,(H,17,18). The molecule has 1 aliphatic heterocycles. The second-order valence-electron chi connectivity index (χ2n) is 4.89. The van der Waals surface area contributed by atoms with Crippen molar-refractivity contribution in [1.82, 2.24) is 4.98 Å². The molecule has 1 aromatic carbocycles. The predicted octanol–water partition coefficient (Wildman–Crippen LogP) is 1.72. The van der Waals surface area contributed by atoms with Gasteiger partial charge in [0.2, 0.25) is 0 Å². The number of benzene rings is 1. The fraction of sp³-hybridized carbons (Fsp3) is 0.357. The third kappa shape index (κ3) is 2.22. The zero-order valence-corrected chi connectivity index (χ0v) is 10.5. The number of hydrogen-bond acceptors (Lipinski definition) is 3. The Morgan fingerprint density at radius 1 is 1.53 bits per heavy atom. The summed E-state index contributed by atoms with van der Waals surface area (Å²) in [7, 11) is 0. The Kier molecular flexibility index (Phi) is 3.00. The smallest absolute Gasteiger partial charge is 0.305 e. The highest BCUT2D eigenvalue weighted by molar-refractivity contribution is 5.85. The van der Waals surface area contributed by atoms with E-state index in [1.54, 1.807) is 0 Å². The fourth-order valence-corrected chi connectivity index (χ4v) is 2.58. The zero-order chi connectivity index (χ0) is 13.4. The number of aromatic nitrogens is 1. The Hall–Kier alpha value is -1.85. The summed E-state index contributed by atoms with van der Waals surface area (Å²) in [5.41, 5.74) is 10.2. The molecule has 1 atom stereocenters. The highest BCUT2D eigenvalue weighted by atomic mass is 16.5. The van der Waals surface area contributed by atoms with Crippen molar-refractivity contribution >= 4 is 16.9 Å². The lowest BCUT2D eigenvalue weighted by molar-refractivity contribution is -0.137. The lowest BCUT2D eigenvalue weighted by atomic mass is 10.0. The number of carboxylic acids is 1. The number of aromatic amines is 1. The van der Waals surface area contributed by atoms with E-state index < -0.39 is 12.0 Å². The molecule has 3 rings (SSSR count). The van der Waals surface area contributed by atoms with Crippen LogP contribution in [0.25, 0.3) is 10.9 Å². The molecule has 4 N–H and O–H groups in total. The number of H-pyrrole nitrogens is 1. The molecule has 0 saturated heterocycles. The van der Waals surface area contributed by atoms with Crippen LogP contribution in [0.4, 0.5) is 0 Å². The molecule has 0 spiro atoms. The number of rotatable bonds is 3. The Labute approximate surface area is 110 Å². The minimum absolute atomic E-state index is 0.0609. The molecule has 2 heterocycles. The van der Waals surface area contributed by atoms with Crippen molar-refractivity contribution in [2.24, 2.45) is 5.73 Å². The first-order chi connectivity index (χ1) is 9.15. The van der Waals surface area contributed by atoms with Crippen molar-refractivity contribution in [3.63, 3.8) is 0 Å². The number of nitrogens with one attached hydrogen (secondary N) is 1. The maximum atomic E-state index is 10.7. The quantitative estimate of drug-likeness (QED) is 0.784. The summed E-state index contributed by atoms with van der Waals surface area (Å²) in [6.45, 7) is 1.35. The van der Waals surface area contributed by atoms with Gasteiger partial charge in [0.15, 0.2) is 0 Å². The average molecular weight is 260 g/mol. The van der Waals surface area contributed by atoms with Gasteiger partial charge in [-0.05, 0) is 17.7 Å². The number of aliphatic carboxylic acids is 1. The van der Waals surface area contributed by atoms with Gasteiger partial charge in [0.1, 0.15) is 0 Å². The molecule has 0 fully saturated rings. The molecule has 0 saturated carbocycles. The highest BCUT2D eigenvalue weighted by Crippen LogP contribution is 2.29. The van der Waals surface area contributed by atoms with Crippen molar-refractivity contribution < 1.29 is 14.6 Å². The molecule has 0 aliphatic carbocycles. The molecule has 1 unspecified atom stereocenters. The first-order valence-electron chi connectivity index (χ1n) is 6.33. The van der Waals surface area contributed by atoms with Crippen LogP contribution < -0.4 is 5.73 Å². The van der Waals surface area contributed by atoms with Crippen molar-refractivity contribution in [2.75, 3.05) is 6.61 Å². The van der Waals surface area contributed by atoms with Crippen molar-refractivity contribution in [2.45, 2.75) is 25.5 Å². The van der Waals surface area contributed by atoms with E-state index in [2.05, 4.69) is 4.98 Å². The van der Waals surface area contributed by atoms with Crippen LogP contribution in [0.5, 0.6) is 0 Å². The number of carbonyl (C=O) groups is 1. The Bertz CT molecular complexity index is 633. The predicted molar refractivity (Wildman–Crippen MR) is 70.8 cm³/mol. The van der Waals surface area contributed by atoms with Crippen LogP contribution in [0.15, 0.2) is 18.2 Å². The molecule has 19 heavy (non-hydrogen) atoms. The summed E-state index contributed by atoms with van der Waals surface area (Å²) >= 11 is 0. The summed E-state index contributed by atoms with van der Waals surface area (Å²) in [4.78, 5) is 14.1. The Morgan fingerprint density at radius 2 is 2.37 bits per heavy atom. The van der Waals surface area contributed by atoms with Crippen molar-refractivity contribution in [1.29, 1.82) is 0 Å². The van der Waals surface area contributed by atoms with Gasteiger partial charge < -0.3 is 20.6 Å². The summed E-state index contributed by atoms with van der Waals surface area (Å²) in [5.74, 6) is -0.882. The lowest BCUT2D eigenvalue weighted by Crippen LogP contribution is -2.14. The molecule has 0 amide bonds. The van der Waals surface area contributed by atoms with Crippen molar-refractivity contribution in [3.05, 3.63) is 35.0 Å². The lowest BCUT2D eigenvalue weighted by Gasteiger charge is -2.13. The molecule has 5 heteroatoms. The monoisotopic (exact) mass is 260 g/mol. The number of carboxylic acid groups (broad SMARTS) is 1. The topological polar surface area (TPSA) is 88.3 Å². The second kappa shape index (κ2) is 4.68. The Morgan fingerprint density at radius 3 is 3.16 bits per heavy atom. The maximum absolute atomic E-state index is 10.7. The van der Waals surface area contributed by atoms with Gasteiger partial charge in [0, 0.05) is 34.6 Å². The zero-order valence-electron chi connectivity index (χ0n) is 10.5. The van der Waals surface area contributed by atoms with Crippen LogP contribution in [0, 0.1) is 0 Å². The van der Waals surface area contributed by atoms with Gasteiger partial charge in [-0.1, -0.05) is 6.07 Å². The first-order valence-corrected chi connectivity index (χ1v) is 6.33. The molecule has 0 bridgehead atoms. The molecule has 2 aromatic rings. The molecule has 5 nitrogen and oxygen atoms in total. The van der Waals surface area contributed by atoms with E-state index in [1.165, 1.54) is 11.3 Å². The van der Waals surface area contributed by atoms with Gasteiger partial charge in [-0.15, -0.1) is 0 Å². The fourth-order valence-electron chi connectivity index (χ4n) is 2.58. The van der Waals surface area contributed by atoms with Gasteiger partial charge in [0.05, 0.1) is 19.6 Å². The van der Waals surface area contributed by atoms with Crippen LogP contribution in [0.2, 0.25) is 0 Å². The van der Waals surface area contributed by atoms with E-state index >= 15 is 0 Å². The number of hydrogen-bond donors (Lipinski definition) is 3. The van der Waals surface area contributed by atoms with Crippen molar-refractivity contribution in [3.8, 4) is 0 Å². The van der Waals surface area contributed by atoms with Gasteiger partial charge in [-0.25, -0.2) is 0 Å². The van der Waals surface area contributed by atoms with E-state index in [4.69, 9.17) is 15.6 Å². The van der Waals surface area contributed by atoms with Crippen LogP contribution in [-0.4, -0.2) is 22.7 Å². The molecule has 1 aliphatic rings. The molecule has 0 radical (unpaired) electrons. The van der Waals surface area contributed by atoms with Gasteiger partial charge >= 0.3 is 5.97 Å². The Balaban J connectivity index is 2.02. The van der Waals surface area contributed by atoms with E-state index in [0.29, 0.717) is 6.61 Å². The number of nitrogens with two attached hydrogens (primary N) is 1. The van der Waals surface area contributed by atoms with E-state index in [-0.39, 0.29) is 6.42 Å². The SMILES string of the molecule is NC(CC(=O)O)c1ccc2[nH]c3c(c2c1)COCC3. The summed E-state index contributed by atoms with van der Waals surface area (Å²) in [6.07, 6.45) is 0.829. The van der Waals surface area contributed by atoms with E-state index in [0.717, 1.165) is 29.5 Å². The molecular formula is C14H16N2O3. The van der Waals surface area contributed by atoms with Crippen LogP contribution >= 0.6 is 0 Å². The number of ether oxygens (including phenoxy) is 1. The van der Waals surface area contributed by atoms with E-state index in [1.807, 2.05) is 18.2 Å². The molecule has 100 valence electrons. The van der Waals surface area contributed by atoms with Gasteiger partial charge in [0.25, 0.3) is 0 Å². The third-order valence-electron chi connectivity index (χ3n) is 3.58.